The Morgan fingerprint density at radius 1 is 1.53 bits per heavy atom. The Balaban J connectivity index is 3.27. The van der Waals surface area contributed by atoms with E-state index in [1.165, 1.54) is 6.92 Å². The Morgan fingerprint density at radius 3 is 2.58 bits per heavy atom. The predicted molar refractivity (Wildman–Crippen MR) is 60.4 cm³/mol. The van der Waals surface area contributed by atoms with Crippen molar-refractivity contribution in [2.45, 2.75) is 13.1 Å². The second-order valence-electron chi connectivity index (χ2n) is 3.43. The Labute approximate surface area is 105 Å². The lowest BCUT2D eigenvalue weighted by Crippen LogP contribution is -2.35. The van der Waals surface area contributed by atoms with Crippen LogP contribution in [-0.4, -0.2) is 34.2 Å². The first-order chi connectivity index (χ1) is 8.80. The third kappa shape index (κ3) is 3.64. The summed E-state index contributed by atoms with van der Waals surface area (Å²) in [7, 11) is 0. The van der Waals surface area contributed by atoms with Gasteiger partial charge in [0.1, 0.15) is 12.9 Å². The van der Waals surface area contributed by atoms with Gasteiger partial charge in [-0.3, -0.25) is 10.1 Å². The molecule has 0 aromatic carbocycles. The topological polar surface area (TPSA) is 110 Å². The van der Waals surface area contributed by atoms with Crippen LogP contribution in [0, 0.1) is 10.1 Å². The van der Waals surface area contributed by atoms with Crippen LogP contribution >= 0.6 is 0 Å². The Hall–Kier alpha value is -2.17. The molecule has 0 aliphatic carbocycles. The second kappa shape index (κ2) is 5.65. The summed E-state index contributed by atoms with van der Waals surface area (Å²) in [5.41, 5.74) is 1.26. The summed E-state index contributed by atoms with van der Waals surface area (Å²) in [5.74, 6) is 4.25. The van der Waals surface area contributed by atoms with Crippen LogP contribution in [0.5, 0.6) is 0 Å². The fraction of sp³-hybridized carbons (Fsp3) is 0.500. The lowest BCUT2D eigenvalue weighted by molar-refractivity contribution is -0.383. The highest BCUT2D eigenvalue weighted by atomic mass is 19.4. The minimum atomic E-state index is -4.51. The van der Waals surface area contributed by atoms with Crippen molar-refractivity contribution in [2.24, 2.45) is 5.84 Å². The fourth-order valence-corrected chi connectivity index (χ4v) is 1.43. The molecule has 1 rings (SSSR count). The molecule has 0 radical (unpaired) electrons. The minimum Gasteiger partial charge on any atom is -0.342 e. The SMILES string of the molecule is CCN(CC(F)(F)F)c1ncnc(NN)c1[N+](=O)[O-]. The molecule has 19 heavy (non-hydrogen) atoms. The number of nitro groups is 1. The molecule has 11 heteroatoms. The van der Waals surface area contributed by atoms with E-state index in [-0.39, 0.29) is 12.4 Å². The molecule has 0 atom stereocenters. The number of nitrogen functional groups attached to an aromatic ring is 1. The van der Waals surface area contributed by atoms with E-state index >= 15 is 0 Å². The highest BCUT2D eigenvalue weighted by Crippen LogP contribution is 2.32. The van der Waals surface area contributed by atoms with Crippen molar-refractivity contribution in [1.82, 2.24) is 9.97 Å². The van der Waals surface area contributed by atoms with Crippen molar-refractivity contribution in [3.63, 3.8) is 0 Å². The first-order valence-electron chi connectivity index (χ1n) is 5.07. The van der Waals surface area contributed by atoms with E-state index in [4.69, 9.17) is 5.84 Å². The fourth-order valence-electron chi connectivity index (χ4n) is 1.43. The van der Waals surface area contributed by atoms with Gasteiger partial charge in [-0.15, -0.1) is 0 Å². The van der Waals surface area contributed by atoms with Crippen LogP contribution in [0.2, 0.25) is 0 Å². The summed E-state index contributed by atoms with van der Waals surface area (Å²) in [5, 5.41) is 10.9. The van der Waals surface area contributed by atoms with Crippen molar-refractivity contribution in [3.05, 3.63) is 16.4 Å². The number of nitrogens with one attached hydrogen (secondary N) is 1. The summed E-state index contributed by atoms with van der Waals surface area (Å²) < 4.78 is 37.2. The van der Waals surface area contributed by atoms with Gasteiger partial charge in [-0.05, 0) is 6.92 Å². The number of nitrogens with zero attached hydrogens (tertiary/aromatic N) is 4. The summed E-state index contributed by atoms with van der Waals surface area (Å²) in [4.78, 5) is 17.8. The molecular formula is C8H11F3N6O2. The molecule has 3 N–H and O–H groups in total. The van der Waals surface area contributed by atoms with Gasteiger partial charge in [0.2, 0.25) is 11.6 Å². The number of hydrazine groups is 1. The van der Waals surface area contributed by atoms with E-state index < -0.39 is 29.1 Å². The molecular weight excluding hydrogens is 269 g/mol. The number of hydrogen-bond donors (Lipinski definition) is 2. The number of alkyl halides is 3. The maximum Gasteiger partial charge on any atom is 0.405 e. The van der Waals surface area contributed by atoms with Gasteiger partial charge < -0.3 is 10.3 Å². The van der Waals surface area contributed by atoms with Crippen LogP contribution in [-0.2, 0) is 0 Å². The molecule has 0 saturated carbocycles. The maximum atomic E-state index is 12.4. The van der Waals surface area contributed by atoms with Crippen LogP contribution in [0.1, 0.15) is 6.92 Å². The monoisotopic (exact) mass is 280 g/mol. The van der Waals surface area contributed by atoms with Crippen molar-refractivity contribution < 1.29 is 18.1 Å². The van der Waals surface area contributed by atoms with E-state index in [1.54, 1.807) is 0 Å². The number of halogens is 3. The third-order valence-corrected chi connectivity index (χ3v) is 2.17. The lowest BCUT2D eigenvalue weighted by Gasteiger charge is -2.23. The molecule has 106 valence electrons. The molecule has 0 spiro atoms. The van der Waals surface area contributed by atoms with Gasteiger partial charge in [0.15, 0.2) is 0 Å². The molecule has 0 saturated heterocycles. The van der Waals surface area contributed by atoms with E-state index in [2.05, 4.69) is 9.97 Å². The van der Waals surface area contributed by atoms with Crippen LogP contribution in [0.4, 0.5) is 30.5 Å². The Bertz CT molecular complexity index is 466. The molecule has 1 heterocycles. The zero-order valence-corrected chi connectivity index (χ0v) is 9.81. The molecule has 1 aromatic rings. The molecule has 0 amide bonds. The van der Waals surface area contributed by atoms with E-state index in [0.29, 0.717) is 0 Å². The first kappa shape index (κ1) is 14.9. The number of aromatic nitrogens is 2. The number of hydrogen-bond acceptors (Lipinski definition) is 7. The number of nitrogens with two attached hydrogens (primary N) is 1. The summed E-state index contributed by atoms with van der Waals surface area (Å²) in [6, 6.07) is 0. The third-order valence-electron chi connectivity index (χ3n) is 2.17. The highest BCUT2D eigenvalue weighted by Gasteiger charge is 2.34. The molecule has 0 aliphatic heterocycles. The minimum absolute atomic E-state index is 0.110. The average molecular weight is 280 g/mol. The number of anilines is 2. The van der Waals surface area contributed by atoms with Gasteiger partial charge in [-0.2, -0.15) is 13.2 Å². The molecule has 0 bridgehead atoms. The van der Waals surface area contributed by atoms with E-state index in [9.17, 15) is 23.3 Å². The smallest absolute Gasteiger partial charge is 0.342 e. The van der Waals surface area contributed by atoms with Crippen LogP contribution in [0.25, 0.3) is 0 Å². The zero-order valence-electron chi connectivity index (χ0n) is 9.81. The van der Waals surface area contributed by atoms with Crippen molar-refractivity contribution in [1.29, 1.82) is 0 Å². The lowest BCUT2D eigenvalue weighted by atomic mass is 10.3. The normalized spacial score (nSPS) is 11.2. The van der Waals surface area contributed by atoms with Crippen molar-refractivity contribution in [3.8, 4) is 0 Å². The van der Waals surface area contributed by atoms with Crippen LogP contribution in [0.3, 0.4) is 0 Å². The van der Waals surface area contributed by atoms with Crippen LogP contribution < -0.4 is 16.2 Å². The standard InChI is InChI=1S/C8H11F3N6O2/c1-2-16(3-8(9,10)11)7-5(17(18)19)6(15-12)13-4-14-7/h4H,2-3,12H2,1H3,(H,13,14,15). The van der Waals surface area contributed by atoms with E-state index in [1.807, 2.05) is 5.43 Å². The van der Waals surface area contributed by atoms with Crippen molar-refractivity contribution in [2.75, 3.05) is 23.4 Å². The molecule has 8 nitrogen and oxygen atoms in total. The largest absolute Gasteiger partial charge is 0.405 e. The van der Waals surface area contributed by atoms with E-state index in [0.717, 1.165) is 11.2 Å². The van der Waals surface area contributed by atoms with Gasteiger partial charge in [0.25, 0.3) is 0 Å². The van der Waals surface area contributed by atoms with Crippen molar-refractivity contribution >= 4 is 17.3 Å². The molecule has 1 aromatic heterocycles. The zero-order chi connectivity index (χ0) is 14.6. The predicted octanol–water partition coefficient (Wildman–Crippen LogP) is 1.06. The van der Waals surface area contributed by atoms with Gasteiger partial charge in [0, 0.05) is 6.54 Å². The van der Waals surface area contributed by atoms with Gasteiger partial charge in [-0.25, -0.2) is 15.8 Å². The van der Waals surface area contributed by atoms with Gasteiger partial charge in [-0.1, -0.05) is 0 Å². The summed E-state index contributed by atoms with van der Waals surface area (Å²) >= 11 is 0. The Morgan fingerprint density at radius 2 is 2.16 bits per heavy atom. The molecule has 0 fully saturated rings. The average Bonchev–Trinajstić information content (AvgIpc) is 2.33. The Kier molecular flexibility index (Phi) is 4.43. The van der Waals surface area contributed by atoms with Crippen LogP contribution in [0.15, 0.2) is 6.33 Å². The quantitative estimate of drug-likeness (QED) is 0.471. The molecule has 0 aliphatic rings. The second-order valence-corrected chi connectivity index (χ2v) is 3.43. The molecule has 0 unspecified atom stereocenters. The van der Waals surface area contributed by atoms with Gasteiger partial charge in [0.05, 0.1) is 4.92 Å². The highest BCUT2D eigenvalue weighted by molar-refractivity contribution is 5.69. The van der Waals surface area contributed by atoms with Gasteiger partial charge >= 0.3 is 11.9 Å². The first-order valence-corrected chi connectivity index (χ1v) is 5.07. The summed E-state index contributed by atoms with van der Waals surface area (Å²) in [6.07, 6.45) is -3.61. The number of rotatable bonds is 5. The maximum absolute atomic E-state index is 12.4. The summed E-state index contributed by atoms with van der Waals surface area (Å²) in [6.45, 7) is -0.0418.